The number of nitrogens with zero attached hydrogens (tertiary/aromatic N) is 2. The minimum absolute atomic E-state index is 0.333. The zero-order valence-electron chi connectivity index (χ0n) is 11.0. The number of carbonyl (C=O) groups excluding carboxylic acids is 1. The topological polar surface area (TPSA) is 44.1 Å². The maximum atomic E-state index is 11.1. The van der Waals surface area contributed by atoms with Crippen molar-refractivity contribution in [3.8, 4) is 11.4 Å². The molecule has 1 aromatic heterocycles. The van der Waals surface area contributed by atoms with Crippen LogP contribution in [0.15, 0.2) is 24.3 Å². The van der Waals surface area contributed by atoms with Crippen molar-refractivity contribution >= 4 is 5.97 Å². The van der Waals surface area contributed by atoms with Gasteiger partial charge in [-0.3, -0.25) is 4.79 Å². The monoisotopic (exact) mass is 244 g/mol. The molecule has 0 radical (unpaired) electrons. The molecule has 2 rings (SSSR count). The molecule has 0 spiro atoms. The lowest BCUT2D eigenvalue weighted by molar-refractivity contribution is -0.131. The van der Waals surface area contributed by atoms with Crippen LogP contribution in [0.3, 0.4) is 0 Å². The van der Waals surface area contributed by atoms with E-state index in [4.69, 9.17) is 4.74 Å². The molecule has 0 aliphatic carbocycles. The number of aryl methyl sites for hydroxylation is 1. The van der Waals surface area contributed by atoms with Gasteiger partial charge in [-0.05, 0) is 38.5 Å². The molecule has 0 bridgehead atoms. The average molecular weight is 244 g/mol. The van der Waals surface area contributed by atoms with E-state index < -0.39 is 0 Å². The number of benzene rings is 1. The van der Waals surface area contributed by atoms with Crippen molar-refractivity contribution < 1.29 is 9.53 Å². The smallest absolute Gasteiger partial charge is 0.308 e. The van der Waals surface area contributed by atoms with E-state index in [1.54, 1.807) is 6.07 Å². The van der Waals surface area contributed by atoms with Gasteiger partial charge in [0.05, 0.1) is 5.69 Å². The van der Waals surface area contributed by atoms with E-state index in [9.17, 15) is 4.79 Å². The van der Waals surface area contributed by atoms with Gasteiger partial charge < -0.3 is 4.74 Å². The predicted molar refractivity (Wildman–Crippen MR) is 69.1 cm³/mol. The third-order valence-electron chi connectivity index (χ3n) is 3.00. The molecule has 18 heavy (non-hydrogen) atoms. The fourth-order valence-corrected chi connectivity index (χ4v) is 1.83. The Hall–Kier alpha value is -2.10. The molecule has 0 fully saturated rings. The van der Waals surface area contributed by atoms with Gasteiger partial charge >= 0.3 is 5.97 Å². The van der Waals surface area contributed by atoms with Crippen molar-refractivity contribution in [2.75, 3.05) is 0 Å². The summed E-state index contributed by atoms with van der Waals surface area (Å²) in [6, 6.07) is 7.38. The van der Waals surface area contributed by atoms with E-state index in [0.717, 1.165) is 22.6 Å². The van der Waals surface area contributed by atoms with E-state index in [1.807, 2.05) is 43.7 Å². The molecule has 94 valence electrons. The number of hydrogen-bond acceptors (Lipinski definition) is 3. The normalized spacial score (nSPS) is 10.4. The maximum Gasteiger partial charge on any atom is 0.308 e. The summed E-state index contributed by atoms with van der Waals surface area (Å²) in [5, 5.41) is 4.47. The second kappa shape index (κ2) is 4.64. The van der Waals surface area contributed by atoms with Gasteiger partial charge in [0, 0.05) is 12.6 Å². The molecule has 0 aliphatic heterocycles. The number of rotatable bonds is 2. The standard InChI is InChI=1S/C14H16N2O2/c1-9-10(2)15-16(11(9)3)13-7-5-6-8-14(13)18-12(4)17/h5-8H,1-4H3. The largest absolute Gasteiger partial charge is 0.424 e. The minimum atomic E-state index is -0.333. The van der Waals surface area contributed by atoms with Gasteiger partial charge in [0.1, 0.15) is 5.69 Å². The first kappa shape index (κ1) is 12.4. The van der Waals surface area contributed by atoms with E-state index in [1.165, 1.54) is 6.92 Å². The fourth-order valence-electron chi connectivity index (χ4n) is 1.83. The third kappa shape index (κ3) is 2.14. The van der Waals surface area contributed by atoms with Crippen molar-refractivity contribution in [2.24, 2.45) is 0 Å². The Bertz CT molecular complexity index is 600. The Balaban J connectivity index is 2.56. The lowest BCUT2D eigenvalue weighted by Crippen LogP contribution is -2.07. The Kier molecular flexibility index (Phi) is 3.19. The molecule has 2 aromatic rings. The van der Waals surface area contributed by atoms with Crippen LogP contribution < -0.4 is 4.74 Å². The van der Waals surface area contributed by atoms with Gasteiger partial charge in [-0.1, -0.05) is 12.1 Å². The summed E-state index contributed by atoms with van der Waals surface area (Å²) < 4.78 is 7.01. The first-order chi connectivity index (χ1) is 8.50. The van der Waals surface area contributed by atoms with E-state index in [-0.39, 0.29) is 5.97 Å². The number of aromatic nitrogens is 2. The zero-order valence-corrected chi connectivity index (χ0v) is 11.0. The molecule has 0 aliphatic rings. The lowest BCUT2D eigenvalue weighted by atomic mass is 10.2. The number of ether oxygens (including phenoxy) is 1. The van der Waals surface area contributed by atoms with Crippen molar-refractivity contribution in [3.63, 3.8) is 0 Å². The van der Waals surface area contributed by atoms with Crippen LogP contribution in [0, 0.1) is 20.8 Å². The second-order valence-corrected chi connectivity index (χ2v) is 4.27. The summed E-state index contributed by atoms with van der Waals surface area (Å²) in [7, 11) is 0. The van der Waals surface area contributed by atoms with Crippen LogP contribution in [0.1, 0.15) is 23.9 Å². The summed E-state index contributed by atoms with van der Waals surface area (Å²) in [4.78, 5) is 11.1. The van der Waals surface area contributed by atoms with Crippen LogP contribution in [0.4, 0.5) is 0 Å². The Labute approximate surface area is 106 Å². The quantitative estimate of drug-likeness (QED) is 0.602. The SMILES string of the molecule is CC(=O)Oc1ccccc1-n1nc(C)c(C)c1C. The van der Waals surface area contributed by atoms with Crippen LogP contribution in [0.5, 0.6) is 5.75 Å². The van der Waals surface area contributed by atoms with Gasteiger partial charge in [-0.2, -0.15) is 5.10 Å². The molecule has 0 amide bonds. The number of para-hydroxylation sites is 2. The molecule has 1 aromatic carbocycles. The molecule has 0 N–H and O–H groups in total. The summed E-state index contributed by atoms with van der Waals surface area (Å²) >= 11 is 0. The first-order valence-corrected chi connectivity index (χ1v) is 5.81. The Morgan fingerprint density at radius 1 is 1.22 bits per heavy atom. The zero-order chi connectivity index (χ0) is 13.3. The van der Waals surface area contributed by atoms with Gasteiger partial charge in [0.2, 0.25) is 0 Å². The lowest BCUT2D eigenvalue weighted by Gasteiger charge is -2.10. The Morgan fingerprint density at radius 2 is 1.89 bits per heavy atom. The average Bonchev–Trinajstić information content (AvgIpc) is 2.57. The van der Waals surface area contributed by atoms with Crippen molar-refractivity contribution in [1.82, 2.24) is 9.78 Å². The fraction of sp³-hybridized carbons (Fsp3) is 0.286. The third-order valence-corrected chi connectivity index (χ3v) is 3.00. The predicted octanol–water partition coefficient (Wildman–Crippen LogP) is 2.72. The van der Waals surface area contributed by atoms with Crippen LogP contribution in [0.25, 0.3) is 5.69 Å². The molecule has 0 unspecified atom stereocenters. The highest BCUT2D eigenvalue weighted by molar-refractivity contribution is 5.71. The first-order valence-electron chi connectivity index (χ1n) is 5.81. The highest BCUT2D eigenvalue weighted by Gasteiger charge is 2.13. The van der Waals surface area contributed by atoms with Gasteiger partial charge in [0.25, 0.3) is 0 Å². The van der Waals surface area contributed by atoms with Crippen LogP contribution in [-0.4, -0.2) is 15.7 Å². The molecule has 0 saturated heterocycles. The van der Waals surface area contributed by atoms with E-state index in [0.29, 0.717) is 5.75 Å². The van der Waals surface area contributed by atoms with Crippen molar-refractivity contribution in [3.05, 3.63) is 41.2 Å². The minimum Gasteiger partial charge on any atom is -0.424 e. The summed E-state index contributed by atoms with van der Waals surface area (Å²) in [5.74, 6) is 0.191. The van der Waals surface area contributed by atoms with Gasteiger partial charge in [0.15, 0.2) is 5.75 Å². The molecular weight excluding hydrogens is 228 g/mol. The molecule has 1 heterocycles. The highest BCUT2D eigenvalue weighted by Crippen LogP contribution is 2.25. The molecule has 0 atom stereocenters. The summed E-state index contributed by atoms with van der Waals surface area (Å²) in [6.45, 7) is 7.39. The summed E-state index contributed by atoms with van der Waals surface area (Å²) in [6.07, 6.45) is 0. The second-order valence-electron chi connectivity index (χ2n) is 4.27. The summed E-state index contributed by atoms with van der Waals surface area (Å²) in [5.41, 5.74) is 3.95. The maximum absolute atomic E-state index is 11.1. The van der Waals surface area contributed by atoms with E-state index in [2.05, 4.69) is 5.10 Å². The van der Waals surface area contributed by atoms with Gasteiger partial charge in [-0.15, -0.1) is 0 Å². The number of carbonyl (C=O) groups is 1. The highest BCUT2D eigenvalue weighted by atomic mass is 16.5. The molecule has 4 nitrogen and oxygen atoms in total. The molecular formula is C14H16N2O2. The molecule has 0 saturated carbocycles. The van der Waals surface area contributed by atoms with Crippen molar-refractivity contribution in [2.45, 2.75) is 27.7 Å². The van der Waals surface area contributed by atoms with E-state index >= 15 is 0 Å². The van der Waals surface area contributed by atoms with Crippen LogP contribution in [-0.2, 0) is 4.79 Å². The van der Waals surface area contributed by atoms with Crippen LogP contribution >= 0.6 is 0 Å². The van der Waals surface area contributed by atoms with Gasteiger partial charge in [-0.25, -0.2) is 4.68 Å². The van der Waals surface area contributed by atoms with Crippen molar-refractivity contribution in [1.29, 1.82) is 0 Å². The number of hydrogen-bond donors (Lipinski definition) is 0. The number of esters is 1. The van der Waals surface area contributed by atoms with Crippen LogP contribution in [0.2, 0.25) is 0 Å². The molecule has 4 heteroatoms. The Morgan fingerprint density at radius 3 is 2.44 bits per heavy atom.